The molecular weight excluding hydrogens is 472 g/mol. The molecule has 4 aromatic rings. The molecule has 5 rings (SSSR count). The molecular formula is C26H36N8OS. The van der Waals surface area contributed by atoms with E-state index in [1.54, 1.807) is 23.0 Å². The Kier molecular flexibility index (Phi) is 6.98. The number of nitrogens with zero attached hydrogens (tertiary/aromatic N) is 7. The maximum absolute atomic E-state index is 5.58. The largest absolute Gasteiger partial charge is 0.493 e. The van der Waals surface area contributed by atoms with Gasteiger partial charge >= 0.3 is 0 Å². The Hall–Kier alpha value is -2.98. The predicted molar refractivity (Wildman–Crippen MR) is 145 cm³/mol. The first kappa shape index (κ1) is 24.7. The summed E-state index contributed by atoms with van der Waals surface area (Å²) in [6, 6.07) is 3.11. The fourth-order valence-corrected chi connectivity index (χ4v) is 6.49. The molecule has 1 saturated heterocycles. The summed E-state index contributed by atoms with van der Waals surface area (Å²) in [6.45, 7) is 14.5. The number of methoxy groups -OCH3 is 1. The predicted octanol–water partition coefficient (Wildman–Crippen LogP) is 5.07. The third-order valence-corrected chi connectivity index (χ3v) is 8.38. The molecule has 1 fully saturated rings. The molecule has 4 aromatic heterocycles. The Morgan fingerprint density at radius 2 is 2.00 bits per heavy atom. The number of hydrogen-bond donors (Lipinski definition) is 1. The highest BCUT2D eigenvalue weighted by atomic mass is 32.1. The van der Waals surface area contributed by atoms with E-state index in [-0.39, 0.29) is 5.92 Å². The van der Waals surface area contributed by atoms with Gasteiger partial charge in [-0.05, 0) is 31.7 Å². The number of aromatic nitrogens is 6. The molecule has 1 unspecified atom stereocenters. The average Bonchev–Trinajstić information content (AvgIpc) is 3.63. The lowest BCUT2D eigenvalue weighted by Gasteiger charge is -2.43. The van der Waals surface area contributed by atoms with Crippen LogP contribution in [0.3, 0.4) is 0 Å². The van der Waals surface area contributed by atoms with E-state index in [0.29, 0.717) is 23.5 Å². The Morgan fingerprint density at radius 3 is 2.69 bits per heavy atom. The SMILES string of the molecule is CCC(CC)N1CCN(c2cnc(-c3[nH]nc(-c4cc(OC)c5ncnn5c4)c3C(C)C)s2)C(C)C1. The summed E-state index contributed by atoms with van der Waals surface area (Å²) < 4.78 is 7.31. The van der Waals surface area contributed by atoms with Crippen molar-refractivity contribution >= 4 is 22.0 Å². The number of fused-ring (bicyclic) bond motifs is 1. The molecule has 0 aliphatic carbocycles. The summed E-state index contributed by atoms with van der Waals surface area (Å²) in [5, 5.41) is 14.5. The number of aromatic amines is 1. The molecule has 0 aromatic carbocycles. The fourth-order valence-electron chi connectivity index (χ4n) is 5.44. The van der Waals surface area contributed by atoms with E-state index in [1.165, 1.54) is 24.2 Å². The highest BCUT2D eigenvalue weighted by molar-refractivity contribution is 7.18. The number of hydrogen-bond acceptors (Lipinski definition) is 8. The van der Waals surface area contributed by atoms with Crippen molar-refractivity contribution in [3.8, 4) is 27.7 Å². The first-order valence-electron chi connectivity index (χ1n) is 12.9. The first-order chi connectivity index (χ1) is 17.4. The van der Waals surface area contributed by atoms with E-state index in [4.69, 9.17) is 14.8 Å². The van der Waals surface area contributed by atoms with Crippen LogP contribution in [0.25, 0.3) is 27.6 Å². The van der Waals surface area contributed by atoms with E-state index in [2.05, 4.69) is 59.6 Å². The van der Waals surface area contributed by atoms with Gasteiger partial charge in [-0.1, -0.05) is 39.0 Å². The van der Waals surface area contributed by atoms with Crippen molar-refractivity contribution in [2.45, 2.75) is 65.5 Å². The maximum Gasteiger partial charge on any atom is 0.197 e. The molecule has 0 radical (unpaired) electrons. The normalized spacial score (nSPS) is 17.1. The molecule has 36 heavy (non-hydrogen) atoms. The molecule has 1 aliphatic heterocycles. The number of piperazine rings is 1. The van der Waals surface area contributed by atoms with Crippen LogP contribution in [0, 0.1) is 0 Å². The van der Waals surface area contributed by atoms with Gasteiger partial charge in [0.2, 0.25) is 0 Å². The van der Waals surface area contributed by atoms with Gasteiger partial charge in [0, 0.05) is 49.0 Å². The minimum absolute atomic E-state index is 0.251. The van der Waals surface area contributed by atoms with Gasteiger partial charge in [0.05, 0.1) is 24.7 Å². The Labute approximate surface area is 216 Å². The molecule has 0 bridgehead atoms. The minimum atomic E-state index is 0.251. The summed E-state index contributed by atoms with van der Waals surface area (Å²) in [5.41, 5.74) is 4.63. The van der Waals surface area contributed by atoms with Crippen molar-refractivity contribution in [3.05, 3.63) is 30.4 Å². The Morgan fingerprint density at radius 1 is 1.19 bits per heavy atom. The first-order valence-corrected chi connectivity index (χ1v) is 13.7. The summed E-state index contributed by atoms with van der Waals surface area (Å²) >= 11 is 1.74. The van der Waals surface area contributed by atoms with Crippen LogP contribution in [-0.2, 0) is 0 Å². The lowest BCUT2D eigenvalue weighted by Crippen LogP contribution is -2.54. The second-order valence-corrected chi connectivity index (χ2v) is 10.9. The van der Waals surface area contributed by atoms with E-state index in [1.807, 2.05) is 18.5 Å². The fraction of sp³-hybridized carbons (Fsp3) is 0.538. The zero-order valence-corrected chi connectivity index (χ0v) is 22.8. The molecule has 192 valence electrons. The van der Waals surface area contributed by atoms with Crippen molar-refractivity contribution in [2.24, 2.45) is 0 Å². The molecule has 1 atom stereocenters. The second-order valence-electron chi connectivity index (χ2n) is 9.85. The highest BCUT2D eigenvalue weighted by Gasteiger charge is 2.29. The van der Waals surface area contributed by atoms with Gasteiger partial charge < -0.3 is 9.64 Å². The number of ether oxygens (including phenoxy) is 1. The van der Waals surface area contributed by atoms with Gasteiger partial charge in [-0.25, -0.2) is 14.5 Å². The van der Waals surface area contributed by atoms with E-state index in [0.717, 1.165) is 47.2 Å². The summed E-state index contributed by atoms with van der Waals surface area (Å²) in [7, 11) is 1.65. The standard InChI is InChI=1S/C26H36N8OS/c1-7-19(8-2)32-9-10-33(17(5)13-32)21-12-27-26(36-21)24-22(16(3)4)23(30-31-24)18-11-20(35-6)25-28-15-29-34(25)14-18/h11-12,14-17,19H,7-10,13H2,1-6H3,(H,30,31). The smallest absolute Gasteiger partial charge is 0.197 e. The van der Waals surface area contributed by atoms with E-state index >= 15 is 0 Å². The van der Waals surface area contributed by atoms with E-state index < -0.39 is 0 Å². The van der Waals surface area contributed by atoms with Gasteiger partial charge in [0.25, 0.3) is 0 Å². The van der Waals surface area contributed by atoms with Crippen LogP contribution in [0.5, 0.6) is 5.75 Å². The van der Waals surface area contributed by atoms with Crippen molar-refractivity contribution in [2.75, 3.05) is 31.6 Å². The number of anilines is 1. The third kappa shape index (κ3) is 4.37. The minimum Gasteiger partial charge on any atom is -0.493 e. The van der Waals surface area contributed by atoms with Crippen LogP contribution in [0.15, 0.2) is 24.8 Å². The molecule has 0 spiro atoms. The molecule has 0 amide bonds. The van der Waals surface area contributed by atoms with Crippen molar-refractivity contribution in [3.63, 3.8) is 0 Å². The topological polar surface area (TPSA) is 87.5 Å². The molecule has 9 nitrogen and oxygen atoms in total. The lowest BCUT2D eigenvalue weighted by molar-refractivity contribution is 0.156. The number of nitrogens with one attached hydrogen (secondary N) is 1. The number of rotatable bonds is 8. The molecule has 10 heteroatoms. The van der Waals surface area contributed by atoms with Crippen LogP contribution in [0.4, 0.5) is 5.00 Å². The highest BCUT2D eigenvalue weighted by Crippen LogP contribution is 2.40. The molecule has 0 saturated carbocycles. The van der Waals surface area contributed by atoms with Gasteiger partial charge in [-0.2, -0.15) is 10.2 Å². The van der Waals surface area contributed by atoms with E-state index in [9.17, 15) is 0 Å². The van der Waals surface area contributed by atoms with Crippen molar-refractivity contribution < 1.29 is 4.74 Å². The Bertz CT molecular complexity index is 1320. The third-order valence-electron chi connectivity index (χ3n) is 7.32. The van der Waals surface area contributed by atoms with Gasteiger partial charge in [0.15, 0.2) is 11.4 Å². The van der Waals surface area contributed by atoms with Gasteiger partial charge in [-0.15, -0.1) is 0 Å². The van der Waals surface area contributed by atoms with Crippen molar-refractivity contribution in [1.29, 1.82) is 0 Å². The maximum atomic E-state index is 5.58. The number of pyridine rings is 1. The van der Waals surface area contributed by atoms with Crippen LogP contribution in [0.1, 0.15) is 58.9 Å². The molecule has 5 heterocycles. The monoisotopic (exact) mass is 508 g/mol. The van der Waals surface area contributed by atoms with Crippen LogP contribution in [-0.4, -0.2) is 73.5 Å². The quantitative estimate of drug-likeness (QED) is 0.355. The van der Waals surface area contributed by atoms with Crippen LogP contribution < -0.4 is 9.64 Å². The van der Waals surface area contributed by atoms with Gasteiger partial charge in [0.1, 0.15) is 16.3 Å². The van der Waals surface area contributed by atoms with Crippen LogP contribution >= 0.6 is 11.3 Å². The number of thiazole rings is 1. The number of H-pyrrole nitrogens is 1. The molecule has 1 aliphatic rings. The summed E-state index contributed by atoms with van der Waals surface area (Å²) in [4.78, 5) is 14.3. The van der Waals surface area contributed by atoms with Crippen LogP contribution in [0.2, 0.25) is 0 Å². The van der Waals surface area contributed by atoms with Crippen molar-refractivity contribution in [1.82, 2.24) is 34.7 Å². The van der Waals surface area contributed by atoms with Gasteiger partial charge in [-0.3, -0.25) is 10.00 Å². The average molecular weight is 509 g/mol. The summed E-state index contributed by atoms with van der Waals surface area (Å²) in [5.74, 6) is 0.920. The second kappa shape index (κ2) is 10.2. The Balaban J connectivity index is 1.45. The molecule has 1 N–H and O–H groups in total. The lowest BCUT2D eigenvalue weighted by atomic mass is 9.97. The zero-order chi connectivity index (χ0) is 25.4. The zero-order valence-electron chi connectivity index (χ0n) is 22.0. The summed E-state index contributed by atoms with van der Waals surface area (Å²) in [6.07, 6.45) is 7.93.